The molecule has 35 heavy (non-hydrogen) atoms. The Kier molecular flexibility index (Phi) is 8.04. The van der Waals surface area contributed by atoms with Crippen LogP contribution < -0.4 is 20.7 Å². The molecule has 0 radical (unpaired) electrons. The lowest BCUT2D eigenvalue weighted by Gasteiger charge is -2.12. The predicted octanol–water partition coefficient (Wildman–Crippen LogP) is 5.69. The van der Waals surface area contributed by atoms with Gasteiger partial charge in [-0.05, 0) is 60.7 Å². The van der Waals surface area contributed by atoms with Gasteiger partial charge in [0.2, 0.25) is 0 Å². The van der Waals surface area contributed by atoms with E-state index in [-0.39, 0.29) is 12.4 Å². The van der Waals surface area contributed by atoms with Crippen LogP contribution in [-0.2, 0) is 0 Å². The molecular weight excluding hydrogens is 531 g/mol. The molecule has 0 fully saturated rings. The lowest BCUT2D eigenvalue weighted by atomic mass is 10.3. The minimum atomic E-state index is -0.437. The summed E-state index contributed by atoms with van der Waals surface area (Å²) in [6.07, 6.45) is 1.49. The number of para-hydroxylation sites is 2. The van der Waals surface area contributed by atoms with E-state index in [4.69, 9.17) is 51.8 Å². The van der Waals surface area contributed by atoms with Crippen LogP contribution in [0.4, 0.5) is 5.69 Å². The SMILES string of the molecule is O=C(NCNC(=S)Nc1cccc(Cl)c1)c1cn(-c2ccccc2Oc2ccc(Cl)cc2Cl)nn1. The van der Waals surface area contributed by atoms with Crippen LogP contribution in [0.25, 0.3) is 5.69 Å². The van der Waals surface area contributed by atoms with E-state index in [0.717, 1.165) is 5.69 Å². The molecule has 12 heteroatoms. The fraction of sp³-hybridized carbons (Fsp3) is 0.0435. The zero-order chi connectivity index (χ0) is 24.8. The molecule has 1 amide bonds. The van der Waals surface area contributed by atoms with Crippen molar-refractivity contribution in [2.75, 3.05) is 12.0 Å². The van der Waals surface area contributed by atoms with Gasteiger partial charge in [0.05, 0.1) is 17.9 Å². The monoisotopic (exact) mass is 546 g/mol. The number of benzene rings is 3. The molecule has 8 nitrogen and oxygen atoms in total. The van der Waals surface area contributed by atoms with E-state index in [1.165, 1.54) is 10.9 Å². The molecule has 0 spiro atoms. The van der Waals surface area contributed by atoms with Gasteiger partial charge in [0.1, 0.15) is 11.4 Å². The molecule has 178 valence electrons. The third-order valence-corrected chi connectivity index (χ3v) is 5.54. The lowest BCUT2D eigenvalue weighted by molar-refractivity contribution is 0.0948. The number of halogens is 3. The largest absolute Gasteiger partial charge is 0.454 e. The molecule has 0 saturated carbocycles. The van der Waals surface area contributed by atoms with Crippen molar-refractivity contribution in [3.63, 3.8) is 0 Å². The third-order valence-electron chi connectivity index (χ3n) is 4.53. The fourth-order valence-electron chi connectivity index (χ4n) is 2.93. The average Bonchev–Trinajstić information content (AvgIpc) is 3.31. The Labute approximate surface area is 221 Å². The maximum atomic E-state index is 12.5. The minimum absolute atomic E-state index is 0.0762. The number of anilines is 1. The number of nitrogens with zero attached hydrogens (tertiary/aromatic N) is 3. The minimum Gasteiger partial charge on any atom is -0.454 e. The number of hydrogen-bond donors (Lipinski definition) is 3. The molecule has 1 heterocycles. The maximum Gasteiger partial charge on any atom is 0.274 e. The van der Waals surface area contributed by atoms with Crippen molar-refractivity contribution in [1.29, 1.82) is 0 Å². The van der Waals surface area contributed by atoms with Crippen molar-refractivity contribution in [3.05, 3.63) is 93.7 Å². The lowest BCUT2D eigenvalue weighted by Crippen LogP contribution is -2.39. The molecule has 0 unspecified atom stereocenters. The van der Waals surface area contributed by atoms with Crippen molar-refractivity contribution in [2.45, 2.75) is 0 Å². The first kappa shape index (κ1) is 24.7. The van der Waals surface area contributed by atoms with Gasteiger partial charge in [-0.3, -0.25) is 4.79 Å². The molecule has 4 rings (SSSR count). The molecule has 1 aromatic heterocycles. The highest BCUT2D eigenvalue weighted by atomic mass is 35.5. The van der Waals surface area contributed by atoms with Gasteiger partial charge in [0.15, 0.2) is 16.6 Å². The topological polar surface area (TPSA) is 93.1 Å². The van der Waals surface area contributed by atoms with Gasteiger partial charge >= 0.3 is 0 Å². The second-order valence-corrected chi connectivity index (χ2v) is 8.71. The van der Waals surface area contributed by atoms with Crippen LogP contribution in [-0.4, -0.2) is 32.7 Å². The van der Waals surface area contributed by atoms with E-state index in [1.54, 1.807) is 54.6 Å². The summed E-state index contributed by atoms with van der Waals surface area (Å²) in [5.74, 6) is 0.455. The van der Waals surface area contributed by atoms with Crippen LogP contribution in [0.1, 0.15) is 10.5 Å². The number of aromatic nitrogens is 3. The summed E-state index contributed by atoms with van der Waals surface area (Å²) in [5, 5.41) is 18.3. The van der Waals surface area contributed by atoms with E-state index < -0.39 is 5.91 Å². The summed E-state index contributed by atoms with van der Waals surface area (Å²) in [5.41, 5.74) is 1.40. The van der Waals surface area contributed by atoms with Crippen LogP contribution >= 0.6 is 47.0 Å². The van der Waals surface area contributed by atoms with Gasteiger partial charge in [-0.15, -0.1) is 5.10 Å². The van der Waals surface area contributed by atoms with Gasteiger partial charge in [0, 0.05) is 15.7 Å². The zero-order valence-corrected chi connectivity index (χ0v) is 20.9. The number of rotatable bonds is 7. The van der Waals surface area contributed by atoms with E-state index >= 15 is 0 Å². The number of ether oxygens (including phenoxy) is 1. The predicted molar refractivity (Wildman–Crippen MR) is 141 cm³/mol. The summed E-state index contributed by atoms with van der Waals surface area (Å²) < 4.78 is 7.38. The Morgan fingerprint density at radius 3 is 2.54 bits per heavy atom. The number of carbonyl (C=O) groups is 1. The van der Waals surface area contributed by atoms with E-state index in [2.05, 4.69) is 26.3 Å². The molecule has 0 bridgehead atoms. The Morgan fingerprint density at radius 1 is 0.943 bits per heavy atom. The van der Waals surface area contributed by atoms with Crippen LogP contribution in [0.3, 0.4) is 0 Å². The molecule has 4 aromatic rings. The summed E-state index contributed by atoms with van der Waals surface area (Å²) in [6, 6.07) is 19.2. The molecule has 3 aromatic carbocycles. The molecule has 0 atom stereocenters. The number of amides is 1. The van der Waals surface area contributed by atoms with Gasteiger partial charge < -0.3 is 20.7 Å². The Hall–Kier alpha value is -3.37. The molecule has 0 aliphatic rings. The fourth-order valence-corrected chi connectivity index (χ4v) is 3.76. The van der Waals surface area contributed by atoms with Crippen LogP contribution in [0.5, 0.6) is 11.5 Å². The first-order valence-electron chi connectivity index (χ1n) is 10.1. The number of nitrogens with one attached hydrogen (secondary N) is 3. The van der Waals surface area contributed by atoms with Crippen molar-refractivity contribution >= 4 is 63.7 Å². The molecule has 0 aliphatic carbocycles. The van der Waals surface area contributed by atoms with Crippen molar-refractivity contribution in [2.24, 2.45) is 0 Å². The Bertz CT molecular complexity index is 1380. The van der Waals surface area contributed by atoms with E-state index in [0.29, 0.717) is 37.4 Å². The molecule has 0 saturated heterocycles. The Morgan fingerprint density at radius 2 is 1.74 bits per heavy atom. The molecular formula is C23H17Cl3N6O2S. The van der Waals surface area contributed by atoms with Crippen molar-refractivity contribution < 1.29 is 9.53 Å². The van der Waals surface area contributed by atoms with Crippen molar-refractivity contribution in [1.82, 2.24) is 25.6 Å². The highest BCUT2D eigenvalue weighted by Crippen LogP contribution is 2.34. The Balaban J connectivity index is 1.37. The van der Waals surface area contributed by atoms with E-state index in [9.17, 15) is 4.79 Å². The molecule has 0 aliphatic heterocycles. The van der Waals surface area contributed by atoms with Gasteiger partial charge in [0.25, 0.3) is 5.91 Å². The van der Waals surface area contributed by atoms with Gasteiger partial charge in [-0.25, -0.2) is 4.68 Å². The summed E-state index contributed by atoms with van der Waals surface area (Å²) in [4.78, 5) is 12.5. The van der Waals surface area contributed by atoms with Gasteiger partial charge in [-0.2, -0.15) is 0 Å². The summed E-state index contributed by atoms with van der Waals surface area (Å²) in [7, 11) is 0. The van der Waals surface area contributed by atoms with Crippen LogP contribution in [0, 0.1) is 0 Å². The first-order valence-corrected chi connectivity index (χ1v) is 11.7. The third kappa shape index (κ3) is 6.61. The molecule has 3 N–H and O–H groups in total. The normalized spacial score (nSPS) is 10.5. The number of hydrogen-bond acceptors (Lipinski definition) is 5. The highest BCUT2D eigenvalue weighted by molar-refractivity contribution is 7.80. The average molecular weight is 548 g/mol. The maximum absolute atomic E-state index is 12.5. The van der Waals surface area contributed by atoms with E-state index in [1.807, 2.05) is 12.1 Å². The zero-order valence-electron chi connectivity index (χ0n) is 17.8. The second kappa shape index (κ2) is 11.4. The summed E-state index contributed by atoms with van der Waals surface area (Å²) >= 11 is 23.4. The smallest absolute Gasteiger partial charge is 0.274 e. The van der Waals surface area contributed by atoms with Gasteiger partial charge in [-0.1, -0.05) is 58.2 Å². The highest BCUT2D eigenvalue weighted by Gasteiger charge is 2.15. The van der Waals surface area contributed by atoms with Crippen LogP contribution in [0.2, 0.25) is 15.1 Å². The standard InChI is InChI=1S/C23H17Cl3N6O2S/c24-14-4-3-5-16(10-14)29-23(35)28-13-27-22(33)18-12-32(31-30-18)19-6-1-2-7-21(19)34-20-9-8-15(25)11-17(20)26/h1-12H,13H2,(H,27,33)(H2,28,29,35). The summed E-state index contributed by atoms with van der Waals surface area (Å²) in [6.45, 7) is 0.0762. The van der Waals surface area contributed by atoms with Crippen LogP contribution in [0.15, 0.2) is 72.9 Å². The number of carbonyl (C=O) groups excluding carboxylic acids is 1. The van der Waals surface area contributed by atoms with Crippen molar-refractivity contribution in [3.8, 4) is 17.2 Å². The number of thiocarbonyl (C=S) groups is 1. The second-order valence-electron chi connectivity index (χ2n) is 7.02. The first-order chi connectivity index (χ1) is 16.9. The quantitative estimate of drug-likeness (QED) is 0.202.